The molecule has 5 rings (SSSR count). The van der Waals surface area contributed by atoms with Gasteiger partial charge in [-0.1, -0.05) is 24.6 Å². The smallest absolute Gasteiger partial charge is 0.338 e. The first-order valence-corrected chi connectivity index (χ1v) is 14.5. The number of aromatic nitrogens is 1. The third-order valence-corrected chi connectivity index (χ3v) is 8.43. The van der Waals surface area contributed by atoms with Crippen molar-refractivity contribution in [1.29, 1.82) is 0 Å². The molecule has 0 aliphatic carbocycles. The van der Waals surface area contributed by atoms with E-state index >= 15 is 0 Å². The Bertz CT molecular complexity index is 1400. The topological polar surface area (TPSA) is 128 Å². The summed E-state index contributed by atoms with van der Waals surface area (Å²) in [6.45, 7) is 5.86. The van der Waals surface area contributed by atoms with E-state index < -0.39 is 29.7 Å². The van der Waals surface area contributed by atoms with Gasteiger partial charge in [-0.15, -0.1) is 11.3 Å². The van der Waals surface area contributed by atoms with E-state index in [1.165, 1.54) is 29.5 Å². The van der Waals surface area contributed by atoms with Crippen LogP contribution >= 0.6 is 22.9 Å². The molecule has 14 heteroatoms. The van der Waals surface area contributed by atoms with Gasteiger partial charge in [0.05, 0.1) is 24.1 Å². The maximum atomic E-state index is 13.9. The Morgan fingerprint density at radius 1 is 1.32 bits per heavy atom. The lowest BCUT2D eigenvalue weighted by atomic mass is 9.95. The zero-order valence-electron chi connectivity index (χ0n) is 22.5. The number of amidine groups is 1. The lowest BCUT2D eigenvalue weighted by molar-refractivity contribution is -0.141. The molecule has 2 amide bonds. The number of hydrogen-bond acceptors (Lipinski definition) is 9. The Hall–Kier alpha value is -3.55. The van der Waals surface area contributed by atoms with E-state index in [4.69, 9.17) is 21.3 Å². The number of fused-ring (bicyclic) bond motifs is 1. The molecule has 2 aromatic rings. The van der Waals surface area contributed by atoms with Crippen LogP contribution in [0.2, 0.25) is 5.02 Å². The Morgan fingerprint density at radius 3 is 2.80 bits per heavy atom. The predicted molar refractivity (Wildman–Crippen MR) is 150 cm³/mol. The summed E-state index contributed by atoms with van der Waals surface area (Å²) < 4.78 is 19.4. The van der Waals surface area contributed by atoms with Crippen LogP contribution in [0.5, 0.6) is 0 Å². The molecule has 4 heterocycles. The van der Waals surface area contributed by atoms with Crippen LogP contribution in [0.15, 0.2) is 46.0 Å². The number of aliphatic carboxylic acids is 1. The molecule has 3 aliphatic rings. The fourth-order valence-corrected chi connectivity index (χ4v) is 6.20. The minimum atomic E-state index is -0.945. The molecule has 2 saturated heterocycles. The standard InChI is InChI=1S/C27H30ClFN6O5S/c1-3-40-26(38)21-20(14-33-7-8-35-17(12-33)13-34(27(35)39)11-15(2)25(36)37)31-23(24-30-6-9-41-24)32-22(21)18-5-4-16(29)10-19(18)28/h4-6,9-10,15,17,22H,3,7-8,11-14H2,1-2H3,(H,31,32)(H,36,37)/t15?,17-,22-/m0/s1. The number of benzene rings is 1. The monoisotopic (exact) mass is 604 g/mol. The maximum absolute atomic E-state index is 13.9. The normalized spacial score (nSPS) is 21.9. The summed E-state index contributed by atoms with van der Waals surface area (Å²) in [5.74, 6) is -2.23. The summed E-state index contributed by atoms with van der Waals surface area (Å²) in [5, 5.41) is 15.2. The molecule has 41 heavy (non-hydrogen) atoms. The maximum Gasteiger partial charge on any atom is 0.338 e. The number of ether oxygens (including phenoxy) is 1. The first-order valence-electron chi connectivity index (χ1n) is 13.3. The van der Waals surface area contributed by atoms with Gasteiger partial charge in [-0.3, -0.25) is 14.7 Å². The summed E-state index contributed by atoms with van der Waals surface area (Å²) in [5.41, 5.74) is 1.28. The van der Waals surface area contributed by atoms with Crippen LogP contribution in [0.3, 0.4) is 0 Å². The second kappa shape index (κ2) is 12.1. The van der Waals surface area contributed by atoms with Crippen molar-refractivity contribution in [2.24, 2.45) is 10.9 Å². The molecular formula is C27H30ClFN6O5S. The number of esters is 1. The molecule has 0 radical (unpaired) electrons. The van der Waals surface area contributed by atoms with Crippen LogP contribution in [0.1, 0.15) is 30.5 Å². The molecule has 0 saturated carbocycles. The SMILES string of the molecule is CCOC(=O)C1=C(CN2CCN3C(=O)N(CC(C)C(=O)O)C[C@@H]3C2)NC(c2nccs2)=N[C@H]1c1ccc(F)cc1Cl. The number of carboxylic acid groups (broad SMARTS) is 1. The van der Waals surface area contributed by atoms with Crippen molar-refractivity contribution >= 4 is 46.7 Å². The highest BCUT2D eigenvalue weighted by Crippen LogP contribution is 2.37. The van der Waals surface area contributed by atoms with E-state index in [0.29, 0.717) is 54.8 Å². The Morgan fingerprint density at radius 2 is 2.12 bits per heavy atom. The minimum Gasteiger partial charge on any atom is -0.481 e. The number of halogens is 2. The van der Waals surface area contributed by atoms with Gasteiger partial charge in [-0.2, -0.15) is 0 Å². The molecule has 0 bridgehead atoms. The number of aliphatic imine (C=N–C) groups is 1. The highest BCUT2D eigenvalue weighted by molar-refractivity contribution is 7.11. The van der Waals surface area contributed by atoms with E-state index in [1.54, 1.807) is 29.8 Å². The van der Waals surface area contributed by atoms with Crippen molar-refractivity contribution in [2.75, 3.05) is 45.9 Å². The van der Waals surface area contributed by atoms with Crippen molar-refractivity contribution in [3.05, 3.63) is 62.5 Å². The van der Waals surface area contributed by atoms with Gasteiger partial charge in [0, 0.05) is 67.1 Å². The Balaban J connectivity index is 1.45. The first kappa shape index (κ1) is 29.0. The first-order chi connectivity index (χ1) is 19.7. The molecule has 11 nitrogen and oxygen atoms in total. The van der Waals surface area contributed by atoms with Crippen molar-refractivity contribution in [2.45, 2.75) is 25.9 Å². The molecule has 0 spiro atoms. The third-order valence-electron chi connectivity index (χ3n) is 7.33. The molecule has 2 N–H and O–H groups in total. The average Bonchev–Trinajstić information content (AvgIpc) is 3.57. The highest BCUT2D eigenvalue weighted by atomic mass is 35.5. The van der Waals surface area contributed by atoms with Gasteiger partial charge in [0.15, 0.2) is 10.8 Å². The zero-order chi connectivity index (χ0) is 29.3. The molecule has 2 fully saturated rings. The van der Waals surface area contributed by atoms with Crippen LogP contribution < -0.4 is 5.32 Å². The molecular weight excluding hydrogens is 575 g/mol. The summed E-state index contributed by atoms with van der Waals surface area (Å²) in [6.07, 6.45) is 1.65. The van der Waals surface area contributed by atoms with Crippen LogP contribution in [0.4, 0.5) is 9.18 Å². The van der Waals surface area contributed by atoms with Gasteiger partial charge in [-0.25, -0.2) is 19.0 Å². The third kappa shape index (κ3) is 6.07. The summed E-state index contributed by atoms with van der Waals surface area (Å²) in [4.78, 5) is 52.3. The molecule has 3 aliphatic heterocycles. The number of carbonyl (C=O) groups is 3. The largest absolute Gasteiger partial charge is 0.481 e. The van der Waals surface area contributed by atoms with E-state index in [2.05, 4.69) is 15.2 Å². The summed E-state index contributed by atoms with van der Waals surface area (Å²) >= 11 is 7.84. The van der Waals surface area contributed by atoms with Crippen LogP contribution in [-0.2, 0) is 14.3 Å². The quantitative estimate of drug-likeness (QED) is 0.418. The average molecular weight is 605 g/mol. The van der Waals surface area contributed by atoms with E-state index in [0.717, 1.165) is 0 Å². The predicted octanol–water partition coefficient (Wildman–Crippen LogP) is 2.99. The number of urea groups is 1. The van der Waals surface area contributed by atoms with Gasteiger partial charge in [0.1, 0.15) is 11.9 Å². The Kier molecular flexibility index (Phi) is 8.57. The number of piperazine rings is 1. The lowest BCUT2D eigenvalue weighted by Crippen LogP contribution is -2.53. The number of carbonyl (C=O) groups excluding carboxylic acids is 2. The summed E-state index contributed by atoms with van der Waals surface area (Å²) in [6, 6.07) is 2.84. The number of nitrogens with one attached hydrogen (secondary N) is 1. The number of amides is 2. The zero-order valence-corrected chi connectivity index (χ0v) is 24.1. The molecule has 1 aromatic carbocycles. The number of thiazole rings is 1. The second-order valence-corrected chi connectivity index (χ2v) is 11.4. The number of hydrogen-bond donors (Lipinski definition) is 2. The van der Waals surface area contributed by atoms with Crippen molar-refractivity contribution in [3.8, 4) is 0 Å². The van der Waals surface area contributed by atoms with Crippen LogP contribution in [-0.4, -0.2) is 101 Å². The van der Waals surface area contributed by atoms with Crippen molar-refractivity contribution in [3.63, 3.8) is 0 Å². The summed E-state index contributed by atoms with van der Waals surface area (Å²) in [7, 11) is 0. The van der Waals surface area contributed by atoms with Gasteiger partial charge >= 0.3 is 18.0 Å². The molecule has 1 aromatic heterocycles. The van der Waals surface area contributed by atoms with Gasteiger partial charge in [0.2, 0.25) is 0 Å². The van der Waals surface area contributed by atoms with Crippen LogP contribution in [0.25, 0.3) is 0 Å². The minimum absolute atomic E-state index is 0.123. The van der Waals surface area contributed by atoms with Crippen molar-refractivity contribution in [1.82, 2.24) is 25.0 Å². The molecule has 218 valence electrons. The fraction of sp³-hybridized carbons (Fsp3) is 0.444. The second-order valence-electron chi connectivity index (χ2n) is 10.1. The van der Waals surface area contributed by atoms with Crippen molar-refractivity contribution < 1.29 is 28.6 Å². The lowest BCUT2D eigenvalue weighted by Gasteiger charge is -2.38. The van der Waals surface area contributed by atoms with Crippen LogP contribution in [0, 0.1) is 11.7 Å². The fourth-order valence-electron chi connectivity index (χ4n) is 5.34. The number of carboxylic acids is 1. The van der Waals surface area contributed by atoms with E-state index in [1.807, 2.05) is 5.38 Å². The van der Waals surface area contributed by atoms with Gasteiger partial charge in [0.25, 0.3) is 0 Å². The Labute approximate surface area is 245 Å². The molecule has 3 atom stereocenters. The van der Waals surface area contributed by atoms with Gasteiger partial charge < -0.3 is 25.0 Å². The van der Waals surface area contributed by atoms with E-state index in [-0.39, 0.29) is 35.8 Å². The molecule has 1 unspecified atom stereocenters. The number of nitrogens with zero attached hydrogens (tertiary/aromatic N) is 5. The van der Waals surface area contributed by atoms with Gasteiger partial charge in [-0.05, 0) is 19.1 Å². The van der Waals surface area contributed by atoms with E-state index in [9.17, 15) is 23.9 Å². The number of rotatable bonds is 9. The highest BCUT2D eigenvalue weighted by Gasteiger charge is 2.42.